The largest absolute Gasteiger partial charge is 0.351 e. The maximum absolute atomic E-state index is 12.8. The lowest BCUT2D eigenvalue weighted by Crippen LogP contribution is -2.52. The molecule has 1 saturated heterocycles. The minimum atomic E-state index is -0.625. The summed E-state index contributed by atoms with van der Waals surface area (Å²) in [5.41, 5.74) is 1.45. The van der Waals surface area contributed by atoms with Crippen LogP contribution in [0.3, 0.4) is 0 Å². The summed E-state index contributed by atoms with van der Waals surface area (Å²) in [4.78, 5) is 29.3. The van der Waals surface area contributed by atoms with Crippen molar-refractivity contribution in [3.8, 4) is 0 Å². The fourth-order valence-corrected chi connectivity index (χ4v) is 3.07. The topological polar surface area (TPSA) is 83.1 Å². The summed E-state index contributed by atoms with van der Waals surface area (Å²) in [6.45, 7) is 1.80. The number of benzene rings is 1. The van der Waals surface area contributed by atoms with Gasteiger partial charge in [-0.25, -0.2) is 0 Å². The summed E-state index contributed by atoms with van der Waals surface area (Å²) < 4.78 is 0. The second-order valence-electron chi connectivity index (χ2n) is 6.49. The third-order valence-electron chi connectivity index (χ3n) is 4.51. The number of carbonyl (C=O) groups is 2. The minimum absolute atomic E-state index is 0.141. The number of amides is 2. The quantitative estimate of drug-likeness (QED) is 0.732. The Hall–Kier alpha value is -2.73. The second-order valence-corrected chi connectivity index (χ2v) is 6.49. The summed E-state index contributed by atoms with van der Waals surface area (Å²) in [6.07, 6.45) is 5.37. The zero-order valence-electron chi connectivity index (χ0n) is 14.7. The predicted octanol–water partition coefficient (Wildman–Crippen LogP) is 1.29. The number of aromatic nitrogens is 1. The van der Waals surface area contributed by atoms with E-state index in [4.69, 9.17) is 0 Å². The summed E-state index contributed by atoms with van der Waals surface area (Å²) in [5.74, 6) is -0.433. The molecule has 3 N–H and O–H groups in total. The summed E-state index contributed by atoms with van der Waals surface area (Å²) >= 11 is 0. The van der Waals surface area contributed by atoms with Gasteiger partial charge in [0.15, 0.2) is 0 Å². The molecule has 1 aliphatic heterocycles. The molecule has 136 valence electrons. The number of nitrogens with one attached hydrogen (secondary N) is 3. The molecule has 1 aromatic heterocycles. The zero-order valence-corrected chi connectivity index (χ0v) is 14.7. The van der Waals surface area contributed by atoms with Crippen LogP contribution >= 0.6 is 0 Å². The lowest BCUT2D eigenvalue weighted by Gasteiger charge is -2.26. The predicted molar refractivity (Wildman–Crippen MR) is 99.7 cm³/mol. The van der Waals surface area contributed by atoms with Crippen LogP contribution in [-0.4, -0.2) is 42.0 Å². The number of rotatable bonds is 6. The van der Waals surface area contributed by atoms with Crippen LogP contribution in [0.4, 0.5) is 0 Å². The minimum Gasteiger partial charge on any atom is -0.351 e. The zero-order chi connectivity index (χ0) is 18.2. The fourth-order valence-electron chi connectivity index (χ4n) is 3.07. The van der Waals surface area contributed by atoms with Crippen molar-refractivity contribution in [1.82, 2.24) is 20.9 Å². The Balaban J connectivity index is 1.70. The molecule has 3 rings (SSSR count). The molecule has 6 heteroatoms. The van der Waals surface area contributed by atoms with Gasteiger partial charge in [-0.05, 0) is 43.6 Å². The average molecular weight is 352 g/mol. The maximum atomic E-state index is 12.8. The lowest BCUT2D eigenvalue weighted by atomic mass is 10.0. The van der Waals surface area contributed by atoms with E-state index in [0.29, 0.717) is 12.0 Å². The first-order chi connectivity index (χ1) is 12.7. The highest BCUT2D eigenvalue weighted by molar-refractivity contribution is 5.97. The summed E-state index contributed by atoms with van der Waals surface area (Å²) in [6, 6.07) is 12.6. The molecular formula is C20H24N4O2. The van der Waals surface area contributed by atoms with Gasteiger partial charge in [-0.1, -0.05) is 30.3 Å². The van der Waals surface area contributed by atoms with E-state index in [9.17, 15) is 9.59 Å². The SMILES string of the molecule is O=C(NC(Cc1ccccc1)C(=O)NC1CCNCC1)c1cccnc1. The van der Waals surface area contributed by atoms with Crippen molar-refractivity contribution in [1.29, 1.82) is 0 Å². The van der Waals surface area contributed by atoms with Crippen LogP contribution in [0.1, 0.15) is 28.8 Å². The molecule has 0 spiro atoms. The molecule has 1 aliphatic rings. The Kier molecular flexibility index (Phi) is 6.33. The van der Waals surface area contributed by atoms with Gasteiger partial charge in [0, 0.05) is 24.9 Å². The number of pyridine rings is 1. The molecule has 1 unspecified atom stereocenters. The number of hydrogen-bond donors (Lipinski definition) is 3. The van der Waals surface area contributed by atoms with E-state index in [2.05, 4.69) is 20.9 Å². The number of hydrogen-bond acceptors (Lipinski definition) is 4. The van der Waals surface area contributed by atoms with E-state index in [-0.39, 0.29) is 17.9 Å². The molecule has 2 heterocycles. The van der Waals surface area contributed by atoms with Crippen LogP contribution in [0.5, 0.6) is 0 Å². The van der Waals surface area contributed by atoms with Crippen LogP contribution in [0, 0.1) is 0 Å². The summed E-state index contributed by atoms with van der Waals surface area (Å²) in [7, 11) is 0. The fraction of sp³-hybridized carbons (Fsp3) is 0.350. The first kappa shape index (κ1) is 18.1. The molecule has 1 aromatic carbocycles. The Morgan fingerprint density at radius 2 is 1.88 bits per heavy atom. The van der Waals surface area contributed by atoms with Gasteiger partial charge in [-0.3, -0.25) is 14.6 Å². The van der Waals surface area contributed by atoms with Crippen molar-refractivity contribution >= 4 is 11.8 Å². The van der Waals surface area contributed by atoms with Gasteiger partial charge < -0.3 is 16.0 Å². The molecule has 0 bridgehead atoms. The first-order valence-corrected chi connectivity index (χ1v) is 8.98. The molecule has 0 radical (unpaired) electrons. The van der Waals surface area contributed by atoms with E-state index in [1.165, 1.54) is 6.20 Å². The van der Waals surface area contributed by atoms with Gasteiger partial charge in [-0.15, -0.1) is 0 Å². The Bertz CT molecular complexity index is 715. The Morgan fingerprint density at radius 3 is 2.58 bits per heavy atom. The van der Waals surface area contributed by atoms with Gasteiger partial charge in [0.2, 0.25) is 5.91 Å². The van der Waals surface area contributed by atoms with Crippen LogP contribution in [-0.2, 0) is 11.2 Å². The molecule has 26 heavy (non-hydrogen) atoms. The van der Waals surface area contributed by atoms with E-state index >= 15 is 0 Å². The van der Waals surface area contributed by atoms with Crippen molar-refractivity contribution < 1.29 is 9.59 Å². The van der Waals surface area contributed by atoms with Gasteiger partial charge in [0.05, 0.1) is 5.56 Å². The molecule has 0 aliphatic carbocycles. The third kappa shape index (κ3) is 5.13. The molecular weight excluding hydrogens is 328 g/mol. The first-order valence-electron chi connectivity index (χ1n) is 8.98. The molecule has 1 atom stereocenters. The van der Waals surface area contributed by atoms with Crippen LogP contribution in [0.2, 0.25) is 0 Å². The Morgan fingerprint density at radius 1 is 1.12 bits per heavy atom. The number of nitrogens with zero attached hydrogens (tertiary/aromatic N) is 1. The van der Waals surface area contributed by atoms with Crippen LogP contribution in [0.25, 0.3) is 0 Å². The number of piperidine rings is 1. The van der Waals surface area contributed by atoms with Crippen molar-refractivity contribution in [2.24, 2.45) is 0 Å². The van der Waals surface area contributed by atoms with E-state index in [0.717, 1.165) is 31.5 Å². The molecule has 2 aromatic rings. The molecule has 6 nitrogen and oxygen atoms in total. The standard InChI is InChI=1S/C20H24N4O2/c25-19(16-7-4-10-22-14-16)24-18(13-15-5-2-1-3-6-15)20(26)23-17-8-11-21-12-9-17/h1-7,10,14,17-18,21H,8-9,11-13H2,(H,23,26)(H,24,25). The lowest BCUT2D eigenvalue weighted by molar-refractivity contribution is -0.123. The van der Waals surface area contributed by atoms with E-state index in [1.54, 1.807) is 18.3 Å². The summed E-state index contributed by atoms with van der Waals surface area (Å²) in [5, 5.41) is 9.23. The van der Waals surface area contributed by atoms with Crippen LogP contribution in [0.15, 0.2) is 54.9 Å². The molecule has 1 fully saturated rings. The maximum Gasteiger partial charge on any atom is 0.253 e. The highest BCUT2D eigenvalue weighted by atomic mass is 16.2. The third-order valence-corrected chi connectivity index (χ3v) is 4.51. The van der Waals surface area contributed by atoms with E-state index in [1.807, 2.05) is 30.3 Å². The van der Waals surface area contributed by atoms with Crippen molar-refractivity contribution in [2.75, 3.05) is 13.1 Å². The molecule has 2 amide bonds. The normalized spacial score (nSPS) is 15.8. The van der Waals surface area contributed by atoms with Gasteiger partial charge in [-0.2, -0.15) is 0 Å². The Labute approximate surface area is 153 Å². The van der Waals surface area contributed by atoms with E-state index < -0.39 is 6.04 Å². The van der Waals surface area contributed by atoms with Crippen LogP contribution < -0.4 is 16.0 Å². The average Bonchev–Trinajstić information content (AvgIpc) is 2.69. The van der Waals surface area contributed by atoms with Crippen molar-refractivity contribution in [2.45, 2.75) is 31.3 Å². The second kappa shape index (κ2) is 9.10. The molecule has 0 saturated carbocycles. The van der Waals surface area contributed by atoms with Gasteiger partial charge in [0.25, 0.3) is 5.91 Å². The van der Waals surface area contributed by atoms with Crippen molar-refractivity contribution in [3.63, 3.8) is 0 Å². The highest BCUT2D eigenvalue weighted by Gasteiger charge is 2.25. The van der Waals surface area contributed by atoms with Crippen molar-refractivity contribution in [3.05, 3.63) is 66.0 Å². The van der Waals surface area contributed by atoms with Gasteiger partial charge in [0.1, 0.15) is 6.04 Å². The van der Waals surface area contributed by atoms with Gasteiger partial charge >= 0.3 is 0 Å². The highest BCUT2D eigenvalue weighted by Crippen LogP contribution is 2.08. The smallest absolute Gasteiger partial charge is 0.253 e. The monoisotopic (exact) mass is 352 g/mol. The number of carbonyl (C=O) groups excluding carboxylic acids is 2.